The van der Waals surface area contributed by atoms with E-state index in [1.807, 2.05) is 19.1 Å². The highest BCUT2D eigenvalue weighted by Gasteiger charge is 2.20. The van der Waals surface area contributed by atoms with Crippen LogP contribution in [0.1, 0.15) is 17.2 Å². The predicted molar refractivity (Wildman–Crippen MR) is 82.6 cm³/mol. The van der Waals surface area contributed by atoms with Crippen molar-refractivity contribution in [3.05, 3.63) is 39.7 Å². The zero-order chi connectivity index (χ0) is 14.1. The molecule has 1 saturated heterocycles. The molecule has 1 N–H and O–H groups in total. The average Bonchev–Trinajstić information content (AvgIpc) is 2.48. The van der Waals surface area contributed by atoms with Crippen molar-refractivity contribution in [3.63, 3.8) is 0 Å². The number of halogens is 1. The van der Waals surface area contributed by atoms with E-state index in [1.54, 1.807) is 6.07 Å². The van der Waals surface area contributed by atoms with Crippen molar-refractivity contribution in [1.82, 2.24) is 5.32 Å². The van der Waals surface area contributed by atoms with E-state index in [1.165, 1.54) is 7.11 Å². The second kappa shape index (κ2) is 6.47. The summed E-state index contributed by atoms with van der Waals surface area (Å²) in [6, 6.07) is 5.66. The van der Waals surface area contributed by atoms with Crippen LogP contribution in [-0.4, -0.2) is 26.8 Å². The van der Waals surface area contributed by atoms with Gasteiger partial charge in [0.1, 0.15) is 5.58 Å². The number of hydrogen-bond donors (Lipinski definition) is 1. The fourth-order valence-electron chi connectivity index (χ4n) is 2.58. The van der Waals surface area contributed by atoms with Crippen LogP contribution in [0.5, 0.6) is 5.75 Å². The molecule has 1 aromatic carbocycles. The van der Waals surface area contributed by atoms with Crippen molar-refractivity contribution >= 4 is 23.4 Å². The first-order valence-electron chi connectivity index (χ1n) is 6.64. The molecule has 0 spiro atoms. The normalized spacial score (nSPS) is 18.3. The third-order valence-electron chi connectivity index (χ3n) is 3.66. The number of hydrogen-bond acceptors (Lipinski definition) is 5. The Hall–Kier alpha value is -1.56. The maximum absolute atomic E-state index is 11.8. The monoisotopic (exact) mass is 311 g/mol. The Bertz CT molecular complexity index is 692. The van der Waals surface area contributed by atoms with E-state index in [2.05, 4.69) is 5.32 Å². The van der Waals surface area contributed by atoms with Crippen molar-refractivity contribution < 1.29 is 13.9 Å². The largest absolute Gasteiger partial charge is 0.490 e. The van der Waals surface area contributed by atoms with Gasteiger partial charge in [-0.25, -0.2) is 4.79 Å². The molecule has 0 radical (unpaired) electrons. The van der Waals surface area contributed by atoms with Gasteiger partial charge in [0.05, 0.1) is 19.8 Å². The lowest BCUT2D eigenvalue weighted by atomic mass is 10.00. The maximum atomic E-state index is 11.8. The highest BCUT2D eigenvalue weighted by Crippen LogP contribution is 2.29. The van der Waals surface area contributed by atoms with Gasteiger partial charge in [-0.1, -0.05) is 12.1 Å². The molecule has 1 unspecified atom stereocenters. The molecule has 114 valence electrons. The number of aryl methyl sites for hydroxylation is 1. The van der Waals surface area contributed by atoms with Crippen LogP contribution >= 0.6 is 12.4 Å². The molecule has 1 aliphatic rings. The maximum Gasteiger partial charge on any atom is 0.379 e. The lowest BCUT2D eigenvalue weighted by Gasteiger charge is -2.25. The fraction of sp³-hybridized carbons (Fsp3) is 0.400. The summed E-state index contributed by atoms with van der Waals surface area (Å²) in [6.07, 6.45) is 0.000513. The average molecular weight is 312 g/mol. The first-order chi connectivity index (χ1) is 9.70. The highest BCUT2D eigenvalue weighted by atomic mass is 35.5. The Labute approximate surface area is 128 Å². The smallest absolute Gasteiger partial charge is 0.379 e. The van der Waals surface area contributed by atoms with Gasteiger partial charge in [-0.2, -0.15) is 0 Å². The van der Waals surface area contributed by atoms with Gasteiger partial charge in [0.15, 0.2) is 0 Å². The number of fused-ring (bicyclic) bond motifs is 1. The zero-order valence-electron chi connectivity index (χ0n) is 12.0. The summed E-state index contributed by atoms with van der Waals surface area (Å²) in [5.74, 6) is 0.222. The van der Waals surface area contributed by atoms with Crippen LogP contribution < -0.4 is 15.7 Å². The van der Waals surface area contributed by atoms with Gasteiger partial charge in [0.2, 0.25) is 5.75 Å². The van der Waals surface area contributed by atoms with Crippen LogP contribution in [0.2, 0.25) is 0 Å². The molecule has 1 atom stereocenters. The topological polar surface area (TPSA) is 60.7 Å². The highest BCUT2D eigenvalue weighted by molar-refractivity contribution is 5.85. The van der Waals surface area contributed by atoms with Gasteiger partial charge in [0.25, 0.3) is 0 Å². The summed E-state index contributed by atoms with van der Waals surface area (Å²) in [6.45, 7) is 4.28. The summed E-state index contributed by atoms with van der Waals surface area (Å²) in [5, 5.41) is 4.15. The number of methoxy groups -OCH3 is 1. The van der Waals surface area contributed by atoms with E-state index in [4.69, 9.17) is 13.9 Å². The minimum atomic E-state index is -0.456. The summed E-state index contributed by atoms with van der Waals surface area (Å²) in [7, 11) is 1.46. The van der Waals surface area contributed by atoms with Crippen LogP contribution in [0.4, 0.5) is 0 Å². The van der Waals surface area contributed by atoms with Crippen LogP contribution in [0.25, 0.3) is 11.0 Å². The molecule has 0 saturated carbocycles. The number of morpholine rings is 1. The molecule has 0 aliphatic carbocycles. The van der Waals surface area contributed by atoms with E-state index in [-0.39, 0.29) is 24.3 Å². The second-order valence-electron chi connectivity index (χ2n) is 4.86. The first kappa shape index (κ1) is 15.8. The lowest BCUT2D eigenvalue weighted by molar-refractivity contribution is 0.0273. The number of nitrogens with one attached hydrogen (secondary N) is 1. The summed E-state index contributed by atoms with van der Waals surface area (Å²) < 4.78 is 16.1. The van der Waals surface area contributed by atoms with E-state index in [9.17, 15) is 4.79 Å². The Morgan fingerprint density at radius 3 is 2.86 bits per heavy atom. The zero-order valence-corrected chi connectivity index (χ0v) is 12.8. The first-order valence-corrected chi connectivity index (χ1v) is 6.64. The van der Waals surface area contributed by atoms with Crippen molar-refractivity contribution in [3.8, 4) is 5.75 Å². The van der Waals surface area contributed by atoms with Crippen LogP contribution in [-0.2, 0) is 4.74 Å². The molecule has 2 heterocycles. The molecule has 6 heteroatoms. The quantitative estimate of drug-likeness (QED) is 0.862. The van der Waals surface area contributed by atoms with Crippen molar-refractivity contribution in [2.24, 2.45) is 0 Å². The molecular formula is C15H18ClNO4. The number of rotatable bonds is 2. The van der Waals surface area contributed by atoms with E-state index < -0.39 is 5.63 Å². The Balaban J connectivity index is 0.00000161. The van der Waals surface area contributed by atoms with Gasteiger partial charge in [0, 0.05) is 18.5 Å². The van der Waals surface area contributed by atoms with Gasteiger partial charge in [-0.3, -0.25) is 0 Å². The van der Waals surface area contributed by atoms with Crippen molar-refractivity contribution in [1.29, 1.82) is 0 Å². The third kappa shape index (κ3) is 2.90. The SMILES string of the molecule is COc1cc2ccc(C3CNCCO3)c(C)c2oc1=O.Cl. The number of benzene rings is 1. The van der Waals surface area contributed by atoms with E-state index >= 15 is 0 Å². The molecule has 21 heavy (non-hydrogen) atoms. The summed E-state index contributed by atoms with van der Waals surface area (Å²) >= 11 is 0. The van der Waals surface area contributed by atoms with Crippen molar-refractivity contribution in [2.45, 2.75) is 13.0 Å². The third-order valence-corrected chi connectivity index (χ3v) is 3.66. The minimum absolute atomic E-state index is 0. The predicted octanol–water partition coefficient (Wildman–Crippen LogP) is 2.19. The Morgan fingerprint density at radius 1 is 1.38 bits per heavy atom. The Morgan fingerprint density at radius 2 is 2.19 bits per heavy atom. The Kier molecular flexibility index (Phi) is 4.88. The molecule has 5 nitrogen and oxygen atoms in total. The van der Waals surface area contributed by atoms with Gasteiger partial charge in [-0.15, -0.1) is 12.4 Å². The van der Waals surface area contributed by atoms with Crippen LogP contribution in [0.15, 0.2) is 27.4 Å². The molecule has 0 bridgehead atoms. The van der Waals surface area contributed by atoms with Gasteiger partial charge < -0.3 is 19.2 Å². The minimum Gasteiger partial charge on any atom is -0.490 e. The summed E-state index contributed by atoms with van der Waals surface area (Å²) in [5.41, 5.74) is 2.14. The molecular weight excluding hydrogens is 294 g/mol. The lowest BCUT2D eigenvalue weighted by Crippen LogP contribution is -2.33. The van der Waals surface area contributed by atoms with Gasteiger partial charge >= 0.3 is 5.63 Å². The standard InChI is InChI=1S/C15H17NO4.ClH/c1-9-11(13-8-16-5-6-19-13)4-3-10-7-12(18-2)15(17)20-14(9)10;/h3-4,7,13,16H,5-6,8H2,1-2H3;1H. The molecule has 0 amide bonds. The van der Waals surface area contributed by atoms with E-state index in [0.717, 1.165) is 29.6 Å². The van der Waals surface area contributed by atoms with Crippen LogP contribution in [0.3, 0.4) is 0 Å². The molecule has 1 aliphatic heterocycles. The van der Waals surface area contributed by atoms with E-state index in [0.29, 0.717) is 12.2 Å². The fourth-order valence-corrected chi connectivity index (χ4v) is 2.58. The summed E-state index contributed by atoms with van der Waals surface area (Å²) in [4.78, 5) is 11.8. The molecule has 2 aromatic rings. The molecule has 1 fully saturated rings. The number of ether oxygens (including phenoxy) is 2. The van der Waals surface area contributed by atoms with Gasteiger partial charge in [-0.05, 0) is 24.1 Å². The molecule has 3 rings (SSSR count). The van der Waals surface area contributed by atoms with Crippen LogP contribution in [0, 0.1) is 6.92 Å². The second-order valence-corrected chi connectivity index (χ2v) is 4.86. The molecule has 1 aromatic heterocycles. The van der Waals surface area contributed by atoms with Crippen molar-refractivity contribution in [2.75, 3.05) is 26.8 Å².